The maximum Gasteiger partial charge on any atom is 0.0726 e. The maximum atomic E-state index is 2.52. The van der Waals surface area contributed by atoms with Gasteiger partial charge in [-0.2, -0.15) is 0 Å². The van der Waals surface area contributed by atoms with Crippen LogP contribution in [0, 0.1) is 0 Å². The van der Waals surface area contributed by atoms with Crippen LogP contribution in [0.2, 0.25) is 0 Å². The van der Waals surface area contributed by atoms with Gasteiger partial charge in [0.15, 0.2) is 0 Å². The first-order valence-electron chi connectivity index (χ1n) is 20.4. The van der Waals surface area contributed by atoms with E-state index in [2.05, 4.69) is 217 Å². The van der Waals surface area contributed by atoms with E-state index in [1.54, 1.807) is 0 Å². The molecule has 59 heavy (non-hydrogen) atoms. The second-order valence-electron chi connectivity index (χ2n) is 15.9. The van der Waals surface area contributed by atoms with Crippen LogP contribution >= 0.6 is 11.3 Å². The number of benzene rings is 10. The van der Waals surface area contributed by atoms with E-state index < -0.39 is 5.41 Å². The molecule has 1 nitrogen and oxygen atoms in total. The summed E-state index contributed by atoms with van der Waals surface area (Å²) in [7, 11) is 0. The lowest BCUT2D eigenvalue weighted by atomic mass is 9.61. The molecule has 13 rings (SSSR count). The van der Waals surface area contributed by atoms with E-state index in [-0.39, 0.29) is 0 Å². The zero-order valence-corrected chi connectivity index (χ0v) is 32.9. The molecule has 0 fully saturated rings. The molecule has 274 valence electrons. The van der Waals surface area contributed by atoms with E-state index in [0.29, 0.717) is 0 Å². The molecule has 1 atom stereocenters. The van der Waals surface area contributed by atoms with E-state index >= 15 is 0 Å². The zero-order valence-electron chi connectivity index (χ0n) is 32.1. The Morgan fingerprint density at radius 1 is 0.339 bits per heavy atom. The van der Waals surface area contributed by atoms with Gasteiger partial charge in [-0.15, -0.1) is 11.3 Å². The lowest BCUT2D eigenvalue weighted by Crippen LogP contribution is -2.32. The summed E-state index contributed by atoms with van der Waals surface area (Å²) in [5.74, 6) is 0. The van der Waals surface area contributed by atoms with Crippen molar-refractivity contribution in [1.82, 2.24) is 0 Å². The van der Waals surface area contributed by atoms with Crippen LogP contribution in [0.15, 0.2) is 212 Å². The average Bonchev–Trinajstić information content (AvgIpc) is 3.82. The Hall–Kier alpha value is -7.26. The van der Waals surface area contributed by atoms with Crippen molar-refractivity contribution >= 4 is 70.1 Å². The number of thiophene rings is 1. The van der Waals surface area contributed by atoms with Crippen LogP contribution in [-0.2, 0) is 5.41 Å². The molecule has 1 aromatic heterocycles. The van der Waals surface area contributed by atoms with Crippen LogP contribution in [0.1, 0.15) is 22.3 Å². The number of hydrogen-bond donors (Lipinski definition) is 0. The molecule has 2 heteroatoms. The first-order valence-corrected chi connectivity index (χ1v) is 21.2. The fourth-order valence-electron chi connectivity index (χ4n) is 10.7. The maximum absolute atomic E-state index is 2.52. The third kappa shape index (κ3) is 4.50. The molecule has 0 N–H and O–H groups in total. The van der Waals surface area contributed by atoms with Crippen LogP contribution < -0.4 is 4.90 Å². The van der Waals surface area contributed by atoms with Crippen LogP contribution in [0.25, 0.3) is 75.1 Å². The van der Waals surface area contributed by atoms with Crippen LogP contribution in [0.3, 0.4) is 0 Å². The molecule has 0 aliphatic heterocycles. The molecule has 10 aromatic carbocycles. The molecule has 0 radical (unpaired) electrons. The first kappa shape index (κ1) is 32.8. The lowest BCUT2D eigenvalue weighted by molar-refractivity contribution is 0.773. The quantitative estimate of drug-likeness (QED) is 0.172. The van der Waals surface area contributed by atoms with E-state index in [1.807, 2.05) is 11.3 Å². The minimum absolute atomic E-state index is 0.541. The fraction of sp³-hybridized carbons (Fsp3) is 0.0175. The van der Waals surface area contributed by atoms with Crippen molar-refractivity contribution in [1.29, 1.82) is 0 Å². The topological polar surface area (TPSA) is 3.24 Å². The second-order valence-corrected chi connectivity index (χ2v) is 17.0. The standard InChI is InChI=1S/C57H35NS/c1-2-14-36(15-3-1)40-32-33-48-43-20-7-10-24-50(43)57(51-25-13-22-47(40)56(48)51)49-23-9-6-19-42(49)44-30-28-38(34-52(44)57)58(53-26-12-17-37-16-4-5-18-41(37)53)39-29-31-46-45-21-8-11-27-54(45)59-55(46)35-39/h1-35H. The van der Waals surface area contributed by atoms with Gasteiger partial charge in [0.25, 0.3) is 0 Å². The summed E-state index contributed by atoms with van der Waals surface area (Å²) in [4.78, 5) is 2.50. The van der Waals surface area contributed by atoms with E-state index in [1.165, 1.54) is 97.4 Å². The van der Waals surface area contributed by atoms with Crippen LogP contribution in [0.4, 0.5) is 17.1 Å². The average molecular weight is 766 g/mol. The Kier molecular flexibility index (Phi) is 6.87. The summed E-state index contributed by atoms with van der Waals surface area (Å²) in [5, 5.41) is 7.68. The summed E-state index contributed by atoms with van der Waals surface area (Å²) in [6.45, 7) is 0. The highest BCUT2D eigenvalue weighted by molar-refractivity contribution is 7.25. The van der Waals surface area contributed by atoms with Gasteiger partial charge in [0.05, 0.1) is 11.1 Å². The number of fused-ring (bicyclic) bond motifs is 13. The molecular weight excluding hydrogens is 731 g/mol. The molecule has 0 amide bonds. The molecule has 0 saturated carbocycles. The van der Waals surface area contributed by atoms with Crippen molar-refractivity contribution in [3.05, 3.63) is 235 Å². The minimum atomic E-state index is -0.541. The van der Waals surface area contributed by atoms with Gasteiger partial charge in [-0.1, -0.05) is 176 Å². The third-order valence-electron chi connectivity index (χ3n) is 13.1. The van der Waals surface area contributed by atoms with E-state index in [4.69, 9.17) is 0 Å². The number of anilines is 3. The number of hydrogen-bond acceptors (Lipinski definition) is 2. The molecule has 11 aromatic rings. The Morgan fingerprint density at radius 3 is 1.78 bits per heavy atom. The zero-order chi connectivity index (χ0) is 38.7. The van der Waals surface area contributed by atoms with E-state index in [0.717, 1.165) is 17.1 Å². The lowest BCUT2D eigenvalue weighted by Gasteiger charge is -2.40. The van der Waals surface area contributed by atoms with Crippen molar-refractivity contribution in [3.63, 3.8) is 0 Å². The first-order chi connectivity index (χ1) is 29.3. The van der Waals surface area contributed by atoms with Gasteiger partial charge in [0.2, 0.25) is 0 Å². The second kappa shape index (κ2) is 12.4. The smallest absolute Gasteiger partial charge is 0.0726 e. The summed E-state index contributed by atoms with van der Waals surface area (Å²) in [6, 6.07) is 79.5. The molecule has 2 aliphatic carbocycles. The number of rotatable bonds is 4. The fourth-order valence-corrected chi connectivity index (χ4v) is 11.8. The summed E-state index contributed by atoms with van der Waals surface area (Å²) in [5.41, 5.74) is 15.9. The predicted molar refractivity (Wildman–Crippen MR) is 251 cm³/mol. The summed E-state index contributed by atoms with van der Waals surface area (Å²) >= 11 is 1.87. The van der Waals surface area contributed by atoms with Gasteiger partial charge in [-0.05, 0) is 108 Å². The van der Waals surface area contributed by atoms with Crippen molar-refractivity contribution in [2.24, 2.45) is 0 Å². The molecule has 1 spiro atoms. The van der Waals surface area contributed by atoms with Gasteiger partial charge in [0.1, 0.15) is 0 Å². The molecule has 0 bridgehead atoms. The van der Waals surface area contributed by atoms with Gasteiger partial charge in [-0.25, -0.2) is 0 Å². The summed E-state index contributed by atoms with van der Waals surface area (Å²) in [6.07, 6.45) is 0. The molecule has 0 saturated heterocycles. The Bertz CT molecular complexity index is 3520. The Morgan fingerprint density at radius 2 is 0.915 bits per heavy atom. The van der Waals surface area contributed by atoms with Gasteiger partial charge in [0, 0.05) is 36.9 Å². The monoisotopic (exact) mass is 765 g/mol. The highest BCUT2D eigenvalue weighted by Gasteiger charge is 2.50. The minimum Gasteiger partial charge on any atom is -0.310 e. The number of nitrogens with zero attached hydrogens (tertiary/aromatic N) is 1. The Balaban J connectivity index is 1.13. The van der Waals surface area contributed by atoms with Gasteiger partial charge < -0.3 is 4.90 Å². The van der Waals surface area contributed by atoms with Crippen molar-refractivity contribution in [3.8, 4) is 33.4 Å². The highest BCUT2D eigenvalue weighted by Crippen LogP contribution is 2.63. The molecule has 2 aliphatic rings. The van der Waals surface area contributed by atoms with Crippen molar-refractivity contribution in [2.45, 2.75) is 5.41 Å². The molecular formula is C57H35NS. The Labute approximate surface area is 346 Å². The van der Waals surface area contributed by atoms with Crippen LogP contribution in [0.5, 0.6) is 0 Å². The van der Waals surface area contributed by atoms with Crippen molar-refractivity contribution in [2.75, 3.05) is 4.90 Å². The normalized spacial score (nSPS) is 14.8. The predicted octanol–water partition coefficient (Wildman–Crippen LogP) is 15.8. The molecule has 1 unspecified atom stereocenters. The van der Waals surface area contributed by atoms with Crippen LogP contribution in [-0.4, -0.2) is 0 Å². The van der Waals surface area contributed by atoms with E-state index in [9.17, 15) is 0 Å². The van der Waals surface area contributed by atoms with Gasteiger partial charge >= 0.3 is 0 Å². The van der Waals surface area contributed by atoms with Gasteiger partial charge in [-0.3, -0.25) is 0 Å². The largest absolute Gasteiger partial charge is 0.310 e. The SMILES string of the molecule is c1ccc(-c2ccc3c4c(cccc24)C2(c4ccccc4-c4ccc(N(c5ccc6c(c5)sc5ccccc56)c5cccc6ccccc56)cc42)c2ccccc2-3)cc1. The molecule has 1 heterocycles. The van der Waals surface area contributed by atoms with Crippen molar-refractivity contribution < 1.29 is 0 Å². The summed E-state index contributed by atoms with van der Waals surface area (Å²) < 4.78 is 2.60. The third-order valence-corrected chi connectivity index (χ3v) is 14.2. The highest BCUT2D eigenvalue weighted by atomic mass is 32.1.